The van der Waals surface area contributed by atoms with Crippen LogP contribution in [0.5, 0.6) is 0 Å². The molecule has 1 fully saturated rings. The van der Waals surface area contributed by atoms with E-state index in [9.17, 15) is 4.79 Å². The summed E-state index contributed by atoms with van der Waals surface area (Å²) in [5, 5.41) is 3.39. The van der Waals surface area contributed by atoms with Crippen molar-refractivity contribution in [2.45, 2.75) is 65.0 Å². The Kier molecular flexibility index (Phi) is 5.81. The van der Waals surface area contributed by atoms with E-state index in [1.54, 1.807) is 0 Å². The Bertz CT molecular complexity index is 218. The van der Waals surface area contributed by atoms with Gasteiger partial charge in [-0.15, -0.1) is 0 Å². The topological polar surface area (TPSA) is 38.3 Å². The minimum atomic E-state index is -0.166. The molecule has 1 N–H and O–H groups in total. The standard InChI is InChI=1S/C13H25NO2/c1-4-11-7-6-8-12(9-11)14-10(3)13(15)16-5-2/h10-12,14H,4-9H2,1-3H3. The molecule has 0 aliphatic heterocycles. The number of nitrogens with one attached hydrogen (secondary N) is 1. The molecule has 0 aromatic heterocycles. The highest BCUT2D eigenvalue weighted by molar-refractivity contribution is 5.75. The molecule has 0 heterocycles. The Balaban J connectivity index is 2.32. The third kappa shape index (κ3) is 4.12. The van der Waals surface area contributed by atoms with Gasteiger partial charge in [-0.3, -0.25) is 4.79 Å². The molecule has 1 aliphatic rings. The van der Waals surface area contributed by atoms with Crippen molar-refractivity contribution in [1.82, 2.24) is 5.32 Å². The number of ether oxygens (including phenoxy) is 1. The molecule has 0 aromatic carbocycles. The molecule has 0 saturated heterocycles. The molecule has 3 nitrogen and oxygen atoms in total. The van der Waals surface area contributed by atoms with Crippen LogP contribution in [0, 0.1) is 5.92 Å². The maximum Gasteiger partial charge on any atom is 0.322 e. The largest absolute Gasteiger partial charge is 0.465 e. The summed E-state index contributed by atoms with van der Waals surface area (Å²) < 4.78 is 5.00. The molecule has 0 amide bonds. The van der Waals surface area contributed by atoms with Crippen LogP contribution < -0.4 is 5.32 Å². The molecule has 0 bridgehead atoms. The number of carbonyl (C=O) groups excluding carboxylic acids is 1. The Labute approximate surface area is 98.9 Å². The zero-order chi connectivity index (χ0) is 12.0. The summed E-state index contributed by atoms with van der Waals surface area (Å²) >= 11 is 0. The minimum absolute atomic E-state index is 0.124. The van der Waals surface area contributed by atoms with Crippen LogP contribution in [0.2, 0.25) is 0 Å². The first-order valence-electron chi connectivity index (χ1n) is 6.60. The summed E-state index contributed by atoms with van der Waals surface area (Å²) in [5.74, 6) is 0.710. The quantitative estimate of drug-likeness (QED) is 0.733. The monoisotopic (exact) mass is 227 g/mol. The fraction of sp³-hybridized carbons (Fsp3) is 0.923. The van der Waals surface area contributed by atoms with Gasteiger partial charge in [-0.25, -0.2) is 0 Å². The van der Waals surface area contributed by atoms with Gasteiger partial charge in [0, 0.05) is 6.04 Å². The zero-order valence-corrected chi connectivity index (χ0v) is 10.8. The van der Waals surface area contributed by atoms with E-state index in [-0.39, 0.29) is 12.0 Å². The predicted molar refractivity (Wildman–Crippen MR) is 65.3 cm³/mol. The number of carbonyl (C=O) groups is 1. The molecule has 16 heavy (non-hydrogen) atoms. The molecule has 0 radical (unpaired) electrons. The second-order valence-electron chi connectivity index (χ2n) is 4.78. The van der Waals surface area contributed by atoms with Crippen molar-refractivity contribution < 1.29 is 9.53 Å². The maximum atomic E-state index is 11.5. The molecular weight excluding hydrogens is 202 g/mol. The van der Waals surface area contributed by atoms with E-state index in [0.717, 1.165) is 5.92 Å². The Morgan fingerprint density at radius 2 is 2.19 bits per heavy atom. The lowest BCUT2D eigenvalue weighted by molar-refractivity contribution is -0.145. The fourth-order valence-corrected chi connectivity index (χ4v) is 2.50. The van der Waals surface area contributed by atoms with Crippen LogP contribution >= 0.6 is 0 Å². The van der Waals surface area contributed by atoms with Gasteiger partial charge >= 0.3 is 5.97 Å². The van der Waals surface area contributed by atoms with Gasteiger partial charge < -0.3 is 10.1 Å². The number of hydrogen-bond donors (Lipinski definition) is 1. The van der Waals surface area contributed by atoms with Crippen LogP contribution in [0.25, 0.3) is 0 Å². The molecule has 3 heteroatoms. The molecule has 3 unspecified atom stereocenters. The van der Waals surface area contributed by atoms with Crippen LogP contribution in [0.3, 0.4) is 0 Å². The molecule has 1 rings (SSSR count). The Morgan fingerprint density at radius 3 is 2.81 bits per heavy atom. The third-order valence-corrected chi connectivity index (χ3v) is 3.49. The summed E-state index contributed by atoms with van der Waals surface area (Å²) in [5.41, 5.74) is 0. The first-order chi connectivity index (χ1) is 7.67. The first kappa shape index (κ1) is 13.5. The Hall–Kier alpha value is -0.570. The Morgan fingerprint density at radius 1 is 1.44 bits per heavy atom. The lowest BCUT2D eigenvalue weighted by Crippen LogP contribution is -2.44. The average Bonchev–Trinajstić information content (AvgIpc) is 2.29. The van der Waals surface area contributed by atoms with E-state index in [2.05, 4.69) is 12.2 Å². The van der Waals surface area contributed by atoms with Gasteiger partial charge in [0.15, 0.2) is 0 Å². The number of rotatable bonds is 5. The summed E-state index contributed by atoms with van der Waals surface area (Å²) in [4.78, 5) is 11.5. The summed E-state index contributed by atoms with van der Waals surface area (Å²) in [6, 6.07) is 0.332. The van der Waals surface area contributed by atoms with Crippen molar-refractivity contribution >= 4 is 5.97 Å². The molecule has 0 aromatic rings. The number of esters is 1. The molecule has 0 spiro atoms. The normalized spacial score (nSPS) is 27.4. The van der Waals surface area contributed by atoms with Gasteiger partial charge in [0.2, 0.25) is 0 Å². The molecule has 94 valence electrons. The number of hydrogen-bond acceptors (Lipinski definition) is 3. The summed E-state index contributed by atoms with van der Waals surface area (Å²) in [6.45, 7) is 6.46. The van der Waals surface area contributed by atoms with Gasteiger partial charge in [0.05, 0.1) is 6.61 Å². The lowest BCUT2D eigenvalue weighted by atomic mass is 9.84. The first-order valence-corrected chi connectivity index (χ1v) is 6.60. The van der Waals surface area contributed by atoms with Crippen molar-refractivity contribution in [3.05, 3.63) is 0 Å². The van der Waals surface area contributed by atoms with E-state index < -0.39 is 0 Å². The minimum Gasteiger partial charge on any atom is -0.465 e. The SMILES string of the molecule is CCOC(=O)C(C)NC1CCCC(CC)C1. The molecule has 1 aliphatic carbocycles. The lowest BCUT2D eigenvalue weighted by Gasteiger charge is -2.30. The van der Waals surface area contributed by atoms with Crippen molar-refractivity contribution in [2.24, 2.45) is 5.92 Å². The van der Waals surface area contributed by atoms with Crippen LogP contribution in [0.4, 0.5) is 0 Å². The second-order valence-corrected chi connectivity index (χ2v) is 4.78. The third-order valence-electron chi connectivity index (χ3n) is 3.49. The van der Waals surface area contributed by atoms with Crippen LogP contribution in [0.1, 0.15) is 52.9 Å². The van der Waals surface area contributed by atoms with E-state index in [1.165, 1.54) is 32.1 Å². The van der Waals surface area contributed by atoms with Gasteiger partial charge in [-0.2, -0.15) is 0 Å². The smallest absolute Gasteiger partial charge is 0.322 e. The van der Waals surface area contributed by atoms with Crippen molar-refractivity contribution in [3.63, 3.8) is 0 Å². The molecule has 1 saturated carbocycles. The van der Waals surface area contributed by atoms with E-state index in [0.29, 0.717) is 12.6 Å². The van der Waals surface area contributed by atoms with Gasteiger partial charge in [0.25, 0.3) is 0 Å². The van der Waals surface area contributed by atoms with Crippen LogP contribution in [0.15, 0.2) is 0 Å². The van der Waals surface area contributed by atoms with Gasteiger partial charge in [-0.05, 0) is 32.6 Å². The molecular formula is C13H25NO2. The maximum absolute atomic E-state index is 11.5. The highest BCUT2D eigenvalue weighted by Gasteiger charge is 2.24. The van der Waals surface area contributed by atoms with E-state index in [4.69, 9.17) is 4.74 Å². The fourth-order valence-electron chi connectivity index (χ4n) is 2.50. The van der Waals surface area contributed by atoms with Gasteiger partial charge in [0.1, 0.15) is 6.04 Å². The second kappa shape index (κ2) is 6.89. The van der Waals surface area contributed by atoms with Crippen LogP contribution in [-0.2, 0) is 9.53 Å². The molecule has 3 atom stereocenters. The highest BCUT2D eigenvalue weighted by atomic mass is 16.5. The zero-order valence-electron chi connectivity index (χ0n) is 10.8. The van der Waals surface area contributed by atoms with E-state index >= 15 is 0 Å². The average molecular weight is 227 g/mol. The van der Waals surface area contributed by atoms with Crippen molar-refractivity contribution in [1.29, 1.82) is 0 Å². The van der Waals surface area contributed by atoms with Gasteiger partial charge in [-0.1, -0.05) is 26.2 Å². The summed E-state index contributed by atoms with van der Waals surface area (Å²) in [6.07, 6.45) is 6.29. The summed E-state index contributed by atoms with van der Waals surface area (Å²) in [7, 11) is 0. The predicted octanol–water partition coefficient (Wildman–Crippen LogP) is 2.50. The van der Waals surface area contributed by atoms with Crippen molar-refractivity contribution in [2.75, 3.05) is 6.61 Å². The van der Waals surface area contributed by atoms with Crippen LogP contribution in [-0.4, -0.2) is 24.7 Å². The van der Waals surface area contributed by atoms with Crippen molar-refractivity contribution in [3.8, 4) is 0 Å². The highest BCUT2D eigenvalue weighted by Crippen LogP contribution is 2.26. The van der Waals surface area contributed by atoms with E-state index in [1.807, 2.05) is 13.8 Å².